The summed E-state index contributed by atoms with van der Waals surface area (Å²) >= 11 is 0. The standard InChI is InChI=1S/C15H26N2O2S/c1-11(2)6-5-7-13(4)17-20(18,19)15-9-12(3)8-14(16)10-15/h8-11,13,17H,5-7,16H2,1-4H3. The summed E-state index contributed by atoms with van der Waals surface area (Å²) in [6.07, 6.45) is 2.99. The van der Waals surface area contributed by atoms with Gasteiger partial charge in [-0.2, -0.15) is 0 Å². The Morgan fingerprint density at radius 1 is 1.15 bits per heavy atom. The highest BCUT2D eigenvalue weighted by molar-refractivity contribution is 7.89. The van der Waals surface area contributed by atoms with Gasteiger partial charge in [-0.25, -0.2) is 13.1 Å². The zero-order valence-corrected chi connectivity index (χ0v) is 13.6. The minimum atomic E-state index is -3.49. The van der Waals surface area contributed by atoms with Gasteiger partial charge >= 0.3 is 0 Å². The first-order valence-electron chi connectivity index (χ1n) is 7.10. The summed E-state index contributed by atoms with van der Waals surface area (Å²) in [4.78, 5) is 0.241. The second-order valence-electron chi connectivity index (χ2n) is 5.93. The van der Waals surface area contributed by atoms with Crippen LogP contribution in [0.2, 0.25) is 0 Å². The lowest BCUT2D eigenvalue weighted by atomic mass is 10.0. The van der Waals surface area contributed by atoms with Crippen molar-refractivity contribution in [2.45, 2.75) is 57.9 Å². The number of sulfonamides is 1. The lowest BCUT2D eigenvalue weighted by Gasteiger charge is -2.15. The average Bonchev–Trinajstić information content (AvgIpc) is 2.26. The van der Waals surface area contributed by atoms with E-state index >= 15 is 0 Å². The third-order valence-corrected chi connectivity index (χ3v) is 4.73. The molecule has 0 radical (unpaired) electrons. The molecule has 0 heterocycles. The van der Waals surface area contributed by atoms with E-state index in [0.29, 0.717) is 11.6 Å². The molecule has 1 aromatic rings. The van der Waals surface area contributed by atoms with E-state index in [1.165, 1.54) is 6.07 Å². The fraction of sp³-hybridized carbons (Fsp3) is 0.600. The Morgan fingerprint density at radius 3 is 2.35 bits per heavy atom. The van der Waals surface area contributed by atoms with Crippen molar-refractivity contribution in [3.05, 3.63) is 23.8 Å². The van der Waals surface area contributed by atoms with Crippen LogP contribution < -0.4 is 10.5 Å². The van der Waals surface area contributed by atoms with Gasteiger partial charge in [-0.1, -0.05) is 26.7 Å². The topological polar surface area (TPSA) is 72.2 Å². The Labute approximate surface area is 122 Å². The molecule has 114 valence electrons. The van der Waals surface area contributed by atoms with E-state index in [1.807, 2.05) is 13.8 Å². The molecule has 0 spiro atoms. The fourth-order valence-corrected chi connectivity index (χ4v) is 3.57. The monoisotopic (exact) mass is 298 g/mol. The van der Waals surface area contributed by atoms with E-state index in [1.54, 1.807) is 12.1 Å². The molecule has 5 heteroatoms. The first kappa shape index (κ1) is 17.0. The summed E-state index contributed by atoms with van der Waals surface area (Å²) in [6, 6.07) is 4.82. The first-order valence-corrected chi connectivity index (χ1v) is 8.58. The van der Waals surface area contributed by atoms with Crippen molar-refractivity contribution in [1.29, 1.82) is 0 Å². The van der Waals surface area contributed by atoms with Gasteiger partial charge in [-0.05, 0) is 49.9 Å². The molecule has 20 heavy (non-hydrogen) atoms. The molecule has 0 saturated carbocycles. The summed E-state index contributed by atoms with van der Waals surface area (Å²) in [7, 11) is -3.49. The number of benzene rings is 1. The summed E-state index contributed by atoms with van der Waals surface area (Å²) < 4.78 is 27.3. The quantitative estimate of drug-likeness (QED) is 0.760. The normalized spacial score (nSPS) is 13.7. The van der Waals surface area contributed by atoms with Crippen LogP contribution >= 0.6 is 0 Å². The van der Waals surface area contributed by atoms with E-state index in [2.05, 4.69) is 18.6 Å². The lowest BCUT2D eigenvalue weighted by Crippen LogP contribution is -2.32. The van der Waals surface area contributed by atoms with Crippen molar-refractivity contribution in [2.75, 3.05) is 5.73 Å². The maximum Gasteiger partial charge on any atom is 0.240 e. The van der Waals surface area contributed by atoms with Crippen molar-refractivity contribution in [3.63, 3.8) is 0 Å². The SMILES string of the molecule is Cc1cc(N)cc(S(=O)(=O)NC(C)CCCC(C)C)c1. The van der Waals surface area contributed by atoms with Crippen molar-refractivity contribution in [3.8, 4) is 0 Å². The molecule has 1 atom stereocenters. The summed E-state index contributed by atoms with van der Waals surface area (Å²) in [5, 5.41) is 0. The molecule has 0 aromatic heterocycles. The van der Waals surface area contributed by atoms with Crippen LogP contribution in [0.4, 0.5) is 5.69 Å². The van der Waals surface area contributed by atoms with E-state index in [0.717, 1.165) is 24.8 Å². The fourth-order valence-electron chi connectivity index (χ4n) is 2.16. The second-order valence-corrected chi connectivity index (χ2v) is 7.64. The van der Waals surface area contributed by atoms with E-state index < -0.39 is 10.0 Å². The maximum absolute atomic E-state index is 12.3. The number of rotatable bonds is 7. The summed E-state index contributed by atoms with van der Waals surface area (Å²) in [5.74, 6) is 0.648. The van der Waals surface area contributed by atoms with Crippen molar-refractivity contribution in [2.24, 2.45) is 5.92 Å². The number of hydrogen-bond acceptors (Lipinski definition) is 3. The van der Waals surface area contributed by atoms with Crippen LogP contribution in [0.25, 0.3) is 0 Å². The van der Waals surface area contributed by atoms with Crippen LogP contribution in [-0.4, -0.2) is 14.5 Å². The number of nitrogens with two attached hydrogens (primary N) is 1. The van der Waals surface area contributed by atoms with Gasteiger partial charge in [0.15, 0.2) is 0 Å². The Balaban J connectivity index is 2.69. The minimum Gasteiger partial charge on any atom is -0.399 e. The molecule has 0 amide bonds. The van der Waals surface area contributed by atoms with E-state index in [9.17, 15) is 8.42 Å². The molecule has 0 aliphatic rings. The van der Waals surface area contributed by atoms with Crippen molar-refractivity contribution in [1.82, 2.24) is 4.72 Å². The van der Waals surface area contributed by atoms with Gasteiger partial charge in [0.2, 0.25) is 10.0 Å². The zero-order valence-electron chi connectivity index (χ0n) is 12.8. The van der Waals surface area contributed by atoms with Crippen LogP contribution in [0.1, 0.15) is 45.6 Å². The Morgan fingerprint density at radius 2 is 1.80 bits per heavy atom. The predicted octanol–water partition coefficient (Wildman–Crippen LogP) is 3.07. The predicted molar refractivity (Wildman–Crippen MR) is 84.1 cm³/mol. The van der Waals surface area contributed by atoms with Crippen LogP contribution in [0.3, 0.4) is 0 Å². The molecule has 0 aliphatic heterocycles. The molecule has 1 aromatic carbocycles. The van der Waals surface area contributed by atoms with Crippen molar-refractivity contribution < 1.29 is 8.42 Å². The van der Waals surface area contributed by atoms with E-state index in [-0.39, 0.29) is 10.9 Å². The van der Waals surface area contributed by atoms with E-state index in [4.69, 9.17) is 5.73 Å². The highest BCUT2D eigenvalue weighted by atomic mass is 32.2. The summed E-state index contributed by atoms with van der Waals surface area (Å²) in [5.41, 5.74) is 7.02. The Kier molecular flexibility index (Phi) is 6.02. The molecule has 0 fully saturated rings. The van der Waals surface area contributed by atoms with Gasteiger partial charge in [0.1, 0.15) is 0 Å². The lowest BCUT2D eigenvalue weighted by molar-refractivity contribution is 0.488. The maximum atomic E-state index is 12.3. The number of aryl methyl sites for hydroxylation is 1. The van der Waals surface area contributed by atoms with Crippen LogP contribution in [0, 0.1) is 12.8 Å². The molecule has 0 saturated heterocycles. The smallest absolute Gasteiger partial charge is 0.240 e. The average molecular weight is 298 g/mol. The molecular weight excluding hydrogens is 272 g/mol. The first-order chi connectivity index (χ1) is 9.20. The van der Waals surface area contributed by atoms with Crippen LogP contribution in [0.5, 0.6) is 0 Å². The van der Waals surface area contributed by atoms with Gasteiger partial charge in [0.25, 0.3) is 0 Å². The van der Waals surface area contributed by atoms with Gasteiger partial charge < -0.3 is 5.73 Å². The van der Waals surface area contributed by atoms with Gasteiger partial charge in [-0.15, -0.1) is 0 Å². The Bertz CT molecular complexity index is 519. The molecule has 4 nitrogen and oxygen atoms in total. The van der Waals surface area contributed by atoms with Crippen LogP contribution in [0.15, 0.2) is 23.1 Å². The van der Waals surface area contributed by atoms with Crippen LogP contribution in [-0.2, 0) is 10.0 Å². The zero-order chi connectivity index (χ0) is 15.3. The minimum absolute atomic E-state index is 0.0690. The molecule has 0 bridgehead atoms. The molecule has 0 aliphatic carbocycles. The molecule has 1 rings (SSSR count). The van der Waals surface area contributed by atoms with Gasteiger partial charge in [-0.3, -0.25) is 0 Å². The number of hydrogen-bond donors (Lipinski definition) is 2. The largest absolute Gasteiger partial charge is 0.399 e. The third kappa shape index (κ3) is 5.51. The molecular formula is C15H26N2O2S. The highest BCUT2D eigenvalue weighted by Gasteiger charge is 2.18. The summed E-state index contributed by atoms with van der Waals surface area (Å²) in [6.45, 7) is 8.08. The molecule has 3 N–H and O–H groups in total. The number of nitrogens with one attached hydrogen (secondary N) is 1. The molecule has 1 unspecified atom stereocenters. The van der Waals surface area contributed by atoms with Crippen molar-refractivity contribution >= 4 is 15.7 Å². The number of nitrogen functional groups attached to an aromatic ring is 1. The highest BCUT2D eigenvalue weighted by Crippen LogP contribution is 2.17. The Hall–Kier alpha value is -1.07. The second kappa shape index (κ2) is 7.09. The number of anilines is 1. The van der Waals surface area contributed by atoms with Gasteiger partial charge in [0.05, 0.1) is 4.90 Å². The third-order valence-electron chi connectivity index (χ3n) is 3.16. The van der Waals surface area contributed by atoms with Gasteiger partial charge in [0, 0.05) is 11.7 Å².